The molecule has 0 aliphatic heterocycles. The minimum Gasteiger partial charge on any atom is -0.389 e. The van der Waals surface area contributed by atoms with Gasteiger partial charge in [0.2, 0.25) is 0 Å². The summed E-state index contributed by atoms with van der Waals surface area (Å²) in [6.45, 7) is 2.61. The number of thiocarbonyl (C=S) groups is 1. The van der Waals surface area contributed by atoms with Crippen LogP contribution in [-0.4, -0.2) is 24.7 Å². The highest BCUT2D eigenvalue weighted by Crippen LogP contribution is 2.21. The molecule has 0 radical (unpaired) electrons. The lowest BCUT2D eigenvalue weighted by atomic mass is 10.1. The average molecular weight is 259 g/mol. The maximum absolute atomic E-state index is 5.93. The highest BCUT2D eigenvalue weighted by molar-refractivity contribution is 7.80. The third-order valence-corrected chi connectivity index (χ3v) is 2.52. The number of nitrogens with one attached hydrogen (secondary N) is 1. The summed E-state index contributed by atoms with van der Waals surface area (Å²) in [7, 11) is 1.66. The molecule has 3 N–H and O–H groups in total. The van der Waals surface area contributed by atoms with Gasteiger partial charge in [0.15, 0.2) is 0 Å². The molecule has 16 heavy (non-hydrogen) atoms. The summed E-state index contributed by atoms with van der Waals surface area (Å²) in [6.07, 6.45) is 0. The molecule has 0 saturated heterocycles. The molecule has 1 aromatic rings. The van der Waals surface area contributed by atoms with Gasteiger partial charge in [-0.15, -0.1) is 0 Å². The van der Waals surface area contributed by atoms with Crippen molar-refractivity contribution in [1.29, 1.82) is 0 Å². The average Bonchev–Trinajstić information content (AvgIpc) is 2.17. The van der Waals surface area contributed by atoms with E-state index in [0.717, 1.165) is 11.3 Å². The van der Waals surface area contributed by atoms with Gasteiger partial charge < -0.3 is 15.8 Å². The van der Waals surface area contributed by atoms with E-state index in [2.05, 4.69) is 5.32 Å². The van der Waals surface area contributed by atoms with Gasteiger partial charge in [0.1, 0.15) is 4.99 Å². The molecule has 1 aromatic carbocycles. The number of benzene rings is 1. The molecule has 0 spiro atoms. The van der Waals surface area contributed by atoms with E-state index in [-0.39, 0.29) is 6.04 Å². The topological polar surface area (TPSA) is 47.3 Å². The summed E-state index contributed by atoms with van der Waals surface area (Å²) < 4.78 is 5.05. The molecule has 0 fully saturated rings. The fourth-order valence-corrected chi connectivity index (χ4v) is 1.76. The molecule has 5 heteroatoms. The third kappa shape index (κ3) is 3.63. The van der Waals surface area contributed by atoms with Crippen molar-refractivity contribution in [3.05, 3.63) is 28.8 Å². The van der Waals surface area contributed by atoms with Crippen molar-refractivity contribution in [3.63, 3.8) is 0 Å². The standard InChI is InChI=1S/C11H15ClN2OS/c1-7(6-15-2)14-10-5-8(12)3-4-9(10)11(13)16/h3-5,7,14H,6H2,1-2H3,(H2,13,16). The maximum Gasteiger partial charge on any atom is 0.106 e. The Morgan fingerprint density at radius 3 is 2.88 bits per heavy atom. The quantitative estimate of drug-likeness (QED) is 0.797. The van der Waals surface area contributed by atoms with E-state index in [0.29, 0.717) is 16.6 Å². The molecular weight excluding hydrogens is 244 g/mol. The fourth-order valence-electron chi connectivity index (χ4n) is 1.41. The molecule has 88 valence electrons. The van der Waals surface area contributed by atoms with Crippen LogP contribution in [0.3, 0.4) is 0 Å². The summed E-state index contributed by atoms with van der Waals surface area (Å²) >= 11 is 10.9. The second-order valence-electron chi connectivity index (χ2n) is 3.55. The minimum atomic E-state index is 0.163. The number of anilines is 1. The molecule has 0 heterocycles. The van der Waals surface area contributed by atoms with Crippen molar-refractivity contribution in [1.82, 2.24) is 0 Å². The van der Waals surface area contributed by atoms with Crippen LogP contribution in [0, 0.1) is 0 Å². The molecule has 0 aliphatic carbocycles. The fraction of sp³-hybridized carbons (Fsp3) is 0.364. The maximum atomic E-state index is 5.93. The van der Waals surface area contributed by atoms with E-state index in [1.54, 1.807) is 13.2 Å². The van der Waals surface area contributed by atoms with E-state index in [1.807, 2.05) is 19.1 Å². The summed E-state index contributed by atoms with van der Waals surface area (Å²) in [4.78, 5) is 0.351. The molecule has 1 atom stereocenters. The van der Waals surface area contributed by atoms with Gasteiger partial charge in [0, 0.05) is 29.4 Å². The SMILES string of the molecule is COCC(C)Nc1cc(Cl)ccc1C(N)=S. The van der Waals surface area contributed by atoms with Gasteiger partial charge in [-0.3, -0.25) is 0 Å². The summed E-state index contributed by atoms with van der Waals surface area (Å²) in [5.41, 5.74) is 7.26. The van der Waals surface area contributed by atoms with Crippen LogP contribution in [0.2, 0.25) is 5.02 Å². The van der Waals surface area contributed by atoms with Gasteiger partial charge in [0.25, 0.3) is 0 Å². The highest BCUT2D eigenvalue weighted by Gasteiger charge is 2.08. The second kappa shape index (κ2) is 6.03. The van der Waals surface area contributed by atoms with E-state index in [1.165, 1.54) is 0 Å². The van der Waals surface area contributed by atoms with Crippen LogP contribution < -0.4 is 11.1 Å². The lowest BCUT2D eigenvalue weighted by Crippen LogP contribution is -2.23. The summed E-state index contributed by atoms with van der Waals surface area (Å²) in [5, 5.41) is 3.90. The molecule has 0 saturated carbocycles. The largest absolute Gasteiger partial charge is 0.389 e. The van der Waals surface area contributed by atoms with E-state index >= 15 is 0 Å². The Morgan fingerprint density at radius 2 is 2.31 bits per heavy atom. The third-order valence-electron chi connectivity index (χ3n) is 2.07. The monoisotopic (exact) mass is 258 g/mol. The van der Waals surface area contributed by atoms with Crippen LogP contribution >= 0.6 is 23.8 Å². The van der Waals surface area contributed by atoms with Crippen LogP contribution in [0.5, 0.6) is 0 Å². The number of hydrogen-bond donors (Lipinski definition) is 2. The van der Waals surface area contributed by atoms with Gasteiger partial charge in [0.05, 0.1) is 6.61 Å². The van der Waals surface area contributed by atoms with Gasteiger partial charge >= 0.3 is 0 Å². The molecule has 0 bridgehead atoms. The second-order valence-corrected chi connectivity index (χ2v) is 4.43. The van der Waals surface area contributed by atoms with Crippen LogP contribution in [0.4, 0.5) is 5.69 Å². The Kier molecular flexibility index (Phi) is 4.99. The predicted octanol–water partition coefficient (Wildman–Crippen LogP) is 2.42. The highest BCUT2D eigenvalue weighted by atomic mass is 35.5. The van der Waals surface area contributed by atoms with Crippen molar-refractivity contribution in [2.24, 2.45) is 5.73 Å². The number of rotatable bonds is 5. The number of ether oxygens (including phenoxy) is 1. The Bertz CT molecular complexity index is 384. The van der Waals surface area contributed by atoms with Crippen molar-refractivity contribution in [2.45, 2.75) is 13.0 Å². The Morgan fingerprint density at radius 1 is 1.62 bits per heavy atom. The Hall–Kier alpha value is -0.840. The number of methoxy groups -OCH3 is 1. The van der Waals surface area contributed by atoms with Crippen LogP contribution in [0.15, 0.2) is 18.2 Å². The normalized spacial score (nSPS) is 12.2. The van der Waals surface area contributed by atoms with Gasteiger partial charge in [-0.25, -0.2) is 0 Å². The zero-order valence-corrected chi connectivity index (χ0v) is 10.9. The molecule has 1 rings (SSSR count). The number of halogens is 1. The molecule has 3 nitrogen and oxygen atoms in total. The van der Waals surface area contributed by atoms with E-state index < -0.39 is 0 Å². The van der Waals surface area contributed by atoms with Crippen LogP contribution in [-0.2, 0) is 4.74 Å². The lowest BCUT2D eigenvalue weighted by Gasteiger charge is -2.17. The van der Waals surface area contributed by atoms with Crippen molar-refractivity contribution < 1.29 is 4.74 Å². The van der Waals surface area contributed by atoms with Crippen molar-refractivity contribution >= 4 is 34.5 Å². The molecule has 0 aliphatic rings. The van der Waals surface area contributed by atoms with E-state index in [4.69, 9.17) is 34.3 Å². The first kappa shape index (κ1) is 13.2. The first-order valence-electron chi connectivity index (χ1n) is 4.89. The zero-order chi connectivity index (χ0) is 12.1. The smallest absolute Gasteiger partial charge is 0.106 e. The van der Waals surface area contributed by atoms with Gasteiger partial charge in [-0.2, -0.15) is 0 Å². The van der Waals surface area contributed by atoms with Crippen molar-refractivity contribution in [3.8, 4) is 0 Å². The van der Waals surface area contributed by atoms with Gasteiger partial charge in [-0.05, 0) is 25.1 Å². The van der Waals surface area contributed by atoms with E-state index in [9.17, 15) is 0 Å². The number of nitrogens with two attached hydrogens (primary N) is 1. The van der Waals surface area contributed by atoms with Crippen LogP contribution in [0.25, 0.3) is 0 Å². The first-order valence-corrected chi connectivity index (χ1v) is 5.68. The van der Waals surface area contributed by atoms with Crippen molar-refractivity contribution in [2.75, 3.05) is 19.0 Å². The predicted molar refractivity (Wildman–Crippen MR) is 72.3 cm³/mol. The van der Waals surface area contributed by atoms with Crippen LogP contribution in [0.1, 0.15) is 12.5 Å². The lowest BCUT2D eigenvalue weighted by molar-refractivity contribution is 0.190. The molecule has 0 amide bonds. The molecule has 1 unspecified atom stereocenters. The summed E-state index contributed by atoms with van der Waals surface area (Å²) in [5.74, 6) is 0. The molecular formula is C11H15ClN2OS. The Labute approximate surface area is 106 Å². The minimum absolute atomic E-state index is 0.163. The molecule has 0 aromatic heterocycles. The number of hydrogen-bond acceptors (Lipinski definition) is 3. The zero-order valence-electron chi connectivity index (χ0n) is 9.29. The summed E-state index contributed by atoms with van der Waals surface area (Å²) in [6, 6.07) is 5.55. The van der Waals surface area contributed by atoms with Gasteiger partial charge in [-0.1, -0.05) is 23.8 Å². The first-order chi connectivity index (χ1) is 7.54. The Balaban J connectivity index is 2.92.